The second kappa shape index (κ2) is 5.34. The molecule has 1 unspecified atom stereocenters. The average Bonchev–Trinajstić information content (AvgIpc) is 2.89. The van der Waals surface area contributed by atoms with Crippen molar-refractivity contribution < 1.29 is 14.3 Å². The van der Waals surface area contributed by atoms with E-state index >= 15 is 0 Å². The van der Waals surface area contributed by atoms with E-state index in [0.29, 0.717) is 29.9 Å². The summed E-state index contributed by atoms with van der Waals surface area (Å²) < 4.78 is 13.9. The molecule has 2 amide bonds. The predicted molar refractivity (Wildman–Crippen MR) is 78.7 cm³/mol. The number of nitrogens with zero attached hydrogens (tertiary/aromatic N) is 3. The first kappa shape index (κ1) is 14.4. The molecule has 0 aromatic carbocycles. The number of anilines is 1. The van der Waals surface area contributed by atoms with Crippen molar-refractivity contribution in [1.29, 1.82) is 0 Å². The van der Waals surface area contributed by atoms with Crippen LogP contribution in [0.4, 0.5) is 15.0 Å². The molecule has 3 N–H and O–H groups in total. The molecule has 0 saturated heterocycles. The lowest BCUT2D eigenvalue weighted by Crippen LogP contribution is -2.34. The Labute approximate surface area is 126 Å². The number of urea groups is 1. The Morgan fingerprint density at radius 1 is 1.45 bits per heavy atom. The van der Waals surface area contributed by atoms with Crippen LogP contribution >= 0.6 is 0 Å². The van der Waals surface area contributed by atoms with Crippen LogP contribution in [-0.2, 0) is 6.42 Å². The van der Waals surface area contributed by atoms with Crippen LogP contribution in [0.15, 0.2) is 24.7 Å². The summed E-state index contributed by atoms with van der Waals surface area (Å²) in [5, 5.41) is 9.80. The standard InChI is InChI=1S/C15H15FN4O2/c1-8(21)13-11(6-18-7-12(13)16)10-4-9-2-3-20(15(17)22)14(9)19-5-10/h4-8,21H,2-3H2,1H3,(H2,17,22). The minimum absolute atomic E-state index is 0.182. The summed E-state index contributed by atoms with van der Waals surface area (Å²) in [6.07, 6.45) is 3.76. The van der Waals surface area contributed by atoms with Gasteiger partial charge in [-0.05, 0) is 25.0 Å². The summed E-state index contributed by atoms with van der Waals surface area (Å²) in [5.74, 6) is -0.0361. The highest BCUT2D eigenvalue weighted by Crippen LogP contribution is 2.33. The van der Waals surface area contributed by atoms with Crippen LogP contribution in [0.5, 0.6) is 0 Å². The Balaban J connectivity index is 2.09. The van der Waals surface area contributed by atoms with E-state index in [0.717, 1.165) is 11.8 Å². The quantitative estimate of drug-likeness (QED) is 0.884. The summed E-state index contributed by atoms with van der Waals surface area (Å²) in [5.41, 5.74) is 7.48. The van der Waals surface area contributed by atoms with E-state index in [-0.39, 0.29) is 5.56 Å². The lowest BCUT2D eigenvalue weighted by molar-refractivity contribution is 0.194. The van der Waals surface area contributed by atoms with Crippen LogP contribution in [-0.4, -0.2) is 27.7 Å². The Kier molecular flexibility index (Phi) is 3.50. The van der Waals surface area contributed by atoms with Gasteiger partial charge in [-0.3, -0.25) is 9.88 Å². The molecule has 6 nitrogen and oxygen atoms in total. The van der Waals surface area contributed by atoms with Crippen molar-refractivity contribution in [3.05, 3.63) is 41.6 Å². The maximum atomic E-state index is 13.9. The van der Waals surface area contributed by atoms with Gasteiger partial charge < -0.3 is 10.8 Å². The molecule has 0 fully saturated rings. The number of carbonyl (C=O) groups is 1. The van der Waals surface area contributed by atoms with Gasteiger partial charge >= 0.3 is 6.03 Å². The number of aliphatic hydroxyl groups is 1. The number of halogens is 1. The highest BCUT2D eigenvalue weighted by molar-refractivity contribution is 5.92. The summed E-state index contributed by atoms with van der Waals surface area (Å²) in [6.45, 7) is 1.98. The monoisotopic (exact) mass is 302 g/mol. The average molecular weight is 302 g/mol. The Hall–Kier alpha value is -2.54. The normalized spacial score (nSPS) is 14.8. The van der Waals surface area contributed by atoms with E-state index < -0.39 is 18.0 Å². The molecule has 3 rings (SSSR count). The highest BCUT2D eigenvalue weighted by atomic mass is 19.1. The largest absolute Gasteiger partial charge is 0.389 e. The molecule has 0 radical (unpaired) electrons. The number of aromatic nitrogens is 2. The van der Waals surface area contributed by atoms with Gasteiger partial charge in [0.05, 0.1) is 12.3 Å². The maximum Gasteiger partial charge on any atom is 0.320 e. The van der Waals surface area contributed by atoms with E-state index in [9.17, 15) is 14.3 Å². The number of rotatable bonds is 2. The number of carbonyl (C=O) groups excluding carboxylic acids is 1. The number of nitrogens with two attached hydrogens (primary N) is 1. The van der Waals surface area contributed by atoms with Crippen molar-refractivity contribution in [2.75, 3.05) is 11.4 Å². The van der Waals surface area contributed by atoms with Crippen molar-refractivity contribution in [2.45, 2.75) is 19.4 Å². The van der Waals surface area contributed by atoms with Gasteiger partial charge in [-0.25, -0.2) is 14.2 Å². The number of amides is 2. The number of fused-ring (bicyclic) bond motifs is 1. The molecular formula is C15H15FN4O2. The second-order valence-electron chi connectivity index (χ2n) is 5.21. The van der Waals surface area contributed by atoms with Gasteiger partial charge in [0.2, 0.25) is 0 Å². The van der Waals surface area contributed by atoms with Crippen LogP contribution in [0.25, 0.3) is 11.1 Å². The van der Waals surface area contributed by atoms with Crippen LogP contribution in [0.1, 0.15) is 24.2 Å². The SMILES string of the molecule is CC(O)c1c(F)cncc1-c1cnc2c(c1)CCN2C(N)=O. The van der Waals surface area contributed by atoms with Crippen LogP contribution in [0, 0.1) is 5.82 Å². The lowest BCUT2D eigenvalue weighted by atomic mass is 9.98. The van der Waals surface area contributed by atoms with Crippen molar-refractivity contribution in [1.82, 2.24) is 9.97 Å². The minimum atomic E-state index is -0.964. The molecule has 2 aromatic rings. The second-order valence-corrected chi connectivity index (χ2v) is 5.21. The molecule has 0 bridgehead atoms. The van der Waals surface area contributed by atoms with Crippen LogP contribution in [0.2, 0.25) is 0 Å². The fourth-order valence-corrected chi connectivity index (χ4v) is 2.73. The van der Waals surface area contributed by atoms with E-state index in [1.165, 1.54) is 24.2 Å². The van der Waals surface area contributed by atoms with E-state index in [1.807, 2.05) is 6.07 Å². The number of pyridine rings is 2. The predicted octanol–water partition coefficient (Wildman–Crippen LogP) is 1.78. The Bertz CT molecular complexity index is 748. The molecule has 114 valence electrons. The molecule has 0 spiro atoms. The summed E-state index contributed by atoms with van der Waals surface area (Å²) in [6, 6.07) is 1.28. The zero-order valence-electron chi connectivity index (χ0n) is 12.0. The van der Waals surface area contributed by atoms with Gasteiger partial charge in [0.1, 0.15) is 11.6 Å². The first-order chi connectivity index (χ1) is 10.5. The van der Waals surface area contributed by atoms with E-state index in [1.54, 1.807) is 0 Å². The molecule has 1 aliphatic rings. The molecular weight excluding hydrogens is 287 g/mol. The molecule has 0 aliphatic carbocycles. The number of aliphatic hydroxyl groups excluding tert-OH is 1. The van der Waals surface area contributed by atoms with Crippen LogP contribution in [0.3, 0.4) is 0 Å². The third kappa shape index (κ3) is 2.29. The third-order valence-corrected chi connectivity index (χ3v) is 3.74. The van der Waals surface area contributed by atoms with Gasteiger partial charge in [-0.2, -0.15) is 0 Å². The molecule has 2 aromatic heterocycles. The fourth-order valence-electron chi connectivity index (χ4n) is 2.73. The van der Waals surface area contributed by atoms with Crippen molar-refractivity contribution in [2.24, 2.45) is 5.73 Å². The molecule has 3 heterocycles. The maximum absolute atomic E-state index is 13.9. The molecule has 0 saturated carbocycles. The van der Waals surface area contributed by atoms with Gasteiger partial charge in [0, 0.05) is 35.6 Å². The Morgan fingerprint density at radius 2 is 2.23 bits per heavy atom. The highest BCUT2D eigenvalue weighted by Gasteiger charge is 2.25. The van der Waals surface area contributed by atoms with Crippen LogP contribution < -0.4 is 10.6 Å². The number of hydrogen-bond donors (Lipinski definition) is 2. The topological polar surface area (TPSA) is 92.3 Å². The Morgan fingerprint density at radius 3 is 2.91 bits per heavy atom. The zero-order valence-corrected chi connectivity index (χ0v) is 12.0. The van der Waals surface area contributed by atoms with Gasteiger partial charge in [0.25, 0.3) is 0 Å². The lowest BCUT2D eigenvalue weighted by Gasteiger charge is -2.15. The van der Waals surface area contributed by atoms with Crippen molar-refractivity contribution >= 4 is 11.8 Å². The first-order valence-corrected chi connectivity index (χ1v) is 6.86. The zero-order chi connectivity index (χ0) is 15.9. The van der Waals surface area contributed by atoms with Crippen molar-refractivity contribution in [3.8, 4) is 11.1 Å². The summed E-state index contributed by atoms with van der Waals surface area (Å²) in [4.78, 5) is 20.8. The van der Waals surface area contributed by atoms with Crippen molar-refractivity contribution in [3.63, 3.8) is 0 Å². The summed E-state index contributed by atoms with van der Waals surface area (Å²) in [7, 11) is 0. The molecule has 1 aliphatic heterocycles. The molecule has 7 heteroatoms. The smallest absolute Gasteiger partial charge is 0.320 e. The summed E-state index contributed by atoms with van der Waals surface area (Å²) >= 11 is 0. The minimum Gasteiger partial charge on any atom is -0.389 e. The fraction of sp³-hybridized carbons (Fsp3) is 0.267. The molecule has 1 atom stereocenters. The van der Waals surface area contributed by atoms with Gasteiger partial charge in [-0.15, -0.1) is 0 Å². The van der Waals surface area contributed by atoms with E-state index in [2.05, 4.69) is 9.97 Å². The number of primary amides is 1. The first-order valence-electron chi connectivity index (χ1n) is 6.86. The molecule has 22 heavy (non-hydrogen) atoms. The third-order valence-electron chi connectivity index (χ3n) is 3.74. The van der Waals surface area contributed by atoms with E-state index in [4.69, 9.17) is 5.73 Å². The number of hydrogen-bond acceptors (Lipinski definition) is 4. The van der Waals surface area contributed by atoms with Gasteiger partial charge in [-0.1, -0.05) is 0 Å². The van der Waals surface area contributed by atoms with Gasteiger partial charge in [0.15, 0.2) is 0 Å².